The molecule has 2 heterocycles. The van der Waals surface area contributed by atoms with Gasteiger partial charge in [-0.05, 0) is 39.5 Å². The molecule has 0 spiro atoms. The van der Waals surface area contributed by atoms with Gasteiger partial charge in [0.25, 0.3) is 5.91 Å². The van der Waals surface area contributed by atoms with Crippen molar-refractivity contribution < 1.29 is 19.1 Å². The van der Waals surface area contributed by atoms with Crippen LogP contribution in [-0.2, 0) is 14.3 Å². The molecule has 1 saturated heterocycles. The smallest absolute Gasteiger partial charge is 0.310 e. The largest absolute Gasteiger partial charge is 0.466 e. The molecule has 2 aliphatic rings. The summed E-state index contributed by atoms with van der Waals surface area (Å²) >= 11 is 0. The Bertz CT molecular complexity index is 717. The van der Waals surface area contributed by atoms with Crippen molar-refractivity contribution in [2.45, 2.75) is 52.0 Å². The van der Waals surface area contributed by atoms with E-state index in [4.69, 9.17) is 4.74 Å². The van der Waals surface area contributed by atoms with E-state index >= 15 is 0 Å². The van der Waals surface area contributed by atoms with Gasteiger partial charge in [-0.15, -0.1) is 0 Å². The number of carbonyl (C=O) groups excluding carboxylic acids is 3. The summed E-state index contributed by atoms with van der Waals surface area (Å²) in [4.78, 5) is 49.2. The van der Waals surface area contributed by atoms with Crippen LogP contribution in [0.25, 0.3) is 0 Å². The van der Waals surface area contributed by atoms with Crippen molar-refractivity contribution in [1.82, 2.24) is 19.8 Å². The highest BCUT2D eigenvalue weighted by Gasteiger charge is 2.35. The zero-order chi connectivity index (χ0) is 20.1. The number of amides is 2. The van der Waals surface area contributed by atoms with Crippen LogP contribution in [0.2, 0.25) is 0 Å². The van der Waals surface area contributed by atoms with Crippen LogP contribution in [0.4, 0.5) is 0 Å². The van der Waals surface area contributed by atoms with E-state index in [0.29, 0.717) is 31.9 Å². The molecule has 0 bridgehead atoms. The van der Waals surface area contributed by atoms with E-state index in [9.17, 15) is 14.4 Å². The van der Waals surface area contributed by atoms with Gasteiger partial charge < -0.3 is 14.5 Å². The second kappa shape index (κ2) is 9.12. The first-order valence-corrected chi connectivity index (χ1v) is 10.0. The molecular formula is C20H28N4O4. The molecule has 1 unspecified atom stereocenters. The number of aryl methyl sites for hydroxylation is 1. The van der Waals surface area contributed by atoms with E-state index in [1.54, 1.807) is 22.9 Å². The fourth-order valence-electron chi connectivity index (χ4n) is 3.52. The molecule has 152 valence electrons. The van der Waals surface area contributed by atoms with Crippen LogP contribution in [0.5, 0.6) is 0 Å². The molecule has 2 fully saturated rings. The van der Waals surface area contributed by atoms with Gasteiger partial charge in [0.2, 0.25) is 5.91 Å². The van der Waals surface area contributed by atoms with Crippen LogP contribution in [0.1, 0.15) is 55.2 Å². The molecule has 2 amide bonds. The Hall–Kier alpha value is -2.51. The van der Waals surface area contributed by atoms with Crippen LogP contribution >= 0.6 is 0 Å². The van der Waals surface area contributed by atoms with Crippen molar-refractivity contribution >= 4 is 17.8 Å². The van der Waals surface area contributed by atoms with Gasteiger partial charge in [0, 0.05) is 38.3 Å². The number of rotatable bonds is 7. The minimum Gasteiger partial charge on any atom is -0.466 e. The number of piperidine rings is 1. The van der Waals surface area contributed by atoms with Crippen LogP contribution in [-0.4, -0.2) is 69.8 Å². The summed E-state index contributed by atoms with van der Waals surface area (Å²) in [6.45, 7) is 5.36. The summed E-state index contributed by atoms with van der Waals surface area (Å²) in [5.41, 5.74) is 1.07. The van der Waals surface area contributed by atoms with Crippen molar-refractivity contribution in [2.75, 3.05) is 26.2 Å². The van der Waals surface area contributed by atoms with Crippen molar-refractivity contribution in [2.24, 2.45) is 5.92 Å². The number of esters is 1. The Morgan fingerprint density at radius 1 is 1.21 bits per heavy atom. The third-order valence-corrected chi connectivity index (χ3v) is 5.21. The molecular weight excluding hydrogens is 360 g/mol. The van der Waals surface area contributed by atoms with Gasteiger partial charge >= 0.3 is 5.97 Å². The van der Waals surface area contributed by atoms with E-state index in [-0.39, 0.29) is 36.2 Å². The summed E-state index contributed by atoms with van der Waals surface area (Å²) in [7, 11) is 0. The molecule has 0 aromatic carbocycles. The highest BCUT2D eigenvalue weighted by molar-refractivity contribution is 5.92. The number of ether oxygens (including phenoxy) is 1. The van der Waals surface area contributed by atoms with Gasteiger partial charge in [-0.1, -0.05) is 0 Å². The first-order valence-electron chi connectivity index (χ1n) is 10.0. The number of carbonyl (C=O) groups is 3. The highest BCUT2D eigenvalue weighted by Crippen LogP contribution is 2.28. The van der Waals surface area contributed by atoms with E-state index in [2.05, 4.69) is 9.97 Å². The quantitative estimate of drug-likeness (QED) is 0.659. The molecule has 1 aromatic heterocycles. The fraction of sp³-hybridized carbons (Fsp3) is 0.650. The number of aromatic nitrogens is 2. The van der Waals surface area contributed by atoms with Gasteiger partial charge in [-0.25, -0.2) is 4.98 Å². The monoisotopic (exact) mass is 388 g/mol. The van der Waals surface area contributed by atoms with E-state index in [1.807, 2.05) is 6.92 Å². The Balaban J connectivity index is 1.56. The Kier molecular flexibility index (Phi) is 6.59. The van der Waals surface area contributed by atoms with Crippen molar-refractivity contribution in [1.29, 1.82) is 0 Å². The Morgan fingerprint density at radius 3 is 2.64 bits per heavy atom. The van der Waals surface area contributed by atoms with Gasteiger partial charge in [0.15, 0.2) is 0 Å². The summed E-state index contributed by atoms with van der Waals surface area (Å²) in [5.74, 6) is -0.678. The highest BCUT2D eigenvalue weighted by atomic mass is 16.5. The predicted molar refractivity (Wildman–Crippen MR) is 101 cm³/mol. The lowest BCUT2D eigenvalue weighted by Crippen LogP contribution is -2.44. The van der Waals surface area contributed by atoms with Gasteiger partial charge in [-0.3, -0.25) is 19.4 Å². The van der Waals surface area contributed by atoms with Gasteiger partial charge in [-0.2, -0.15) is 0 Å². The summed E-state index contributed by atoms with van der Waals surface area (Å²) < 4.78 is 5.09. The molecule has 0 radical (unpaired) electrons. The van der Waals surface area contributed by atoms with E-state index < -0.39 is 0 Å². The van der Waals surface area contributed by atoms with Crippen LogP contribution in [0, 0.1) is 12.8 Å². The third-order valence-electron chi connectivity index (χ3n) is 5.21. The maximum absolute atomic E-state index is 12.8. The number of hydrogen-bond acceptors (Lipinski definition) is 6. The van der Waals surface area contributed by atoms with E-state index in [1.165, 1.54) is 6.20 Å². The lowest BCUT2D eigenvalue weighted by Gasteiger charge is -2.32. The first-order chi connectivity index (χ1) is 13.5. The number of likely N-dealkylation sites (tertiary alicyclic amines) is 1. The minimum absolute atomic E-state index is 0.0255. The topological polar surface area (TPSA) is 92.7 Å². The average molecular weight is 388 g/mol. The molecule has 1 saturated carbocycles. The van der Waals surface area contributed by atoms with Crippen LogP contribution < -0.4 is 0 Å². The maximum Gasteiger partial charge on any atom is 0.310 e. The summed E-state index contributed by atoms with van der Waals surface area (Å²) in [5, 5.41) is 0. The second-order valence-electron chi connectivity index (χ2n) is 7.45. The molecule has 1 aromatic rings. The van der Waals surface area contributed by atoms with Crippen LogP contribution in [0.15, 0.2) is 12.4 Å². The Morgan fingerprint density at radius 2 is 2.00 bits per heavy atom. The SMILES string of the molecule is CCOC(=O)C1CCCN(C(=O)CCN(C(=O)c2cnc(C)cn2)C2CC2)C1. The lowest BCUT2D eigenvalue weighted by molar-refractivity contribution is -0.151. The third kappa shape index (κ3) is 5.05. The number of nitrogens with zero attached hydrogens (tertiary/aromatic N) is 4. The maximum atomic E-state index is 12.8. The first kappa shape index (κ1) is 20.2. The molecule has 0 N–H and O–H groups in total. The van der Waals surface area contributed by atoms with Crippen LogP contribution in [0.3, 0.4) is 0 Å². The second-order valence-corrected chi connectivity index (χ2v) is 7.45. The molecule has 1 atom stereocenters. The zero-order valence-corrected chi connectivity index (χ0v) is 16.6. The average Bonchev–Trinajstić information content (AvgIpc) is 3.54. The van der Waals surface area contributed by atoms with Crippen molar-refractivity contribution in [3.05, 3.63) is 23.8 Å². The zero-order valence-electron chi connectivity index (χ0n) is 16.6. The van der Waals surface area contributed by atoms with E-state index in [0.717, 1.165) is 31.4 Å². The standard InChI is InChI=1S/C20H28N4O4/c1-3-28-20(27)15-5-4-9-23(13-15)18(25)8-10-24(16-6-7-16)19(26)17-12-21-14(2)11-22-17/h11-12,15-16H,3-10,13H2,1-2H3. The van der Waals surface area contributed by atoms with Crippen molar-refractivity contribution in [3.8, 4) is 0 Å². The molecule has 8 nitrogen and oxygen atoms in total. The molecule has 1 aliphatic carbocycles. The molecule has 3 rings (SSSR count). The lowest BCUT2D eigenvalue weighted by atomic mass is 9.98. The molecule has 1 aliphatic heterocycles. The molecule has 28 heavy (non-hydrogen) atoms. The number of hydrogen-bond donors (Lipinski definition) is 0. The predicted octanol–water partition coefficient (Wildman–Crippen LogP) is 1.58. The normalized spacial score (nSPS) is 19.2. The summed E-state index contributed by atoms with van der Waals surface area (Å²) in [6, 6.07) is 0.178. The Labute approximate surface area is 165 Å². The van der Waals surface area contributed by atoms with Crippen molar-refractivity contribution in [3.63, 3.8) is 0 Å². The van der Waals surface area contributed by atoms with Gasteiger partial charge in [0.1, 0.15) is 5.69 Å². The molecule has 8 heteroatoms. The fourth-order valence-corrected chi connectivity index (χ4v) is 3.52. The minimum atomic E-state index is -0.248. The summed E-state index contributed by atoms with van der Waals surface area (Å²) in [6.07, 6.45) is 6.76. The van der Waals surface area contributed by atoms with Gasteiger partial charge in [0.05, 0.1) is 24.4 Å².